The lowest BCUT2D eigenvalue weighted by molar-refractivity contribution is 0.178. The molecule has 1 nitrogen and oxygen atoms in total. The molecule has 1 atom stereocenters. The average Bonchev–Trinajstić information content (AvgIpc) is 2.31. The number of benzene rings is 2. The van der Waals surface area contributed by atoms with E-state index in [9.17, 15) is 9.50 Å². The van der Waals surface area contributed by atoms with Crippen molar-refractivity contribution in [2.24, 2.45) is 0 Å². The predicted octanol–water partition coefficient (Wildman–Crippen LogP) is 4.03. The van der Waals surface area contributed by atoms with E-state index in [0.29, 0.717) is 6.42 Å². The average molecular weight is 258 g/mol. The molecule has 100 valence electrons. The van der Waals surface area contributed by atoms with Gasteiger partial charge < -0.3 is 5.11 Å². The van der Waals surface area contributed by atoms with Crippen LogP contribution in [-0.4, -0.2) is 5.11 Å². The van der Waals surface area contributed by atoms with Gasteiger partial charge in [0.2, 0.25) is 0 Å². The second-order valence-electron chi connectivity index (χ2n) is 5.21. The van der Waals surface area contributed by atoms with Crippen molar-refractivity contribution in [2.75, 3.05) is 0 Å². The van der Waals surface area contributed by atoms with Crippen LogP contribution in [0, 0.1) is 26.6 Å². The number of hydrogen-bond acceptors (Lipinski definition) is 1. The molecule has 0 saturated heterocycles. The number of aryl methyl sites for hydroxylation is 3. The minimum Gasteiger partial charge on any atom is -0.388 e. The normalized spacial score (nSPS) is 12.5. The largest absolute Gasteiger partial charge is 0.388 e. The highest BCUT2D eigenvalue weighted by molar-refractivity contribution is 5.33. The van der Waals surface area contributed by atoms with Crippen molar-refractivity contribution in [2.45, 2.75) is 33.3 Å². The van der Waals surface area contributed by atoms with Gasteiger partial charge in [0.05, 0.1) is 6.10 Å². The molecule has 2 rings (SSSR count). The summed E-state index contributed by atoms with van der Waals surface area (Å²) in [5.74, 6) is -0.234. The van der Waals surface area contributed by atoms with Gasteiger partial charge in [-0.15, -0.1) is 0 Å². The summed E-state index contributed by atoms with van der Waals surface area (Å²) in [6.07, 6.45) is -0.0441. The van der Waals surface area contributed by atoms with Crippen molar-refractivity contribution in [3.63, 3.8) is 0 Å². The van der Waals surface area contributed by atoms with Gasteiger partial charge in [-0.1, -0.05) is 35.4 Å². The highest BCUT2D eigenvalue weighted by Gasteiger charge is 2.11. The van der Waals surface area contributed by atoms with Crippen molar-refractivity contribution in [3.05, 3.63) is 70.0 Å². The Morgan fingerprint density at radius 2 is 1.63 bits per heavy atom. The Balaban J connectivity index is 2.22. The maximum absolute atomic E-state index is 13.1. The van der Waals surface area contributed by atoms with Crippen molar-refractivity contribution in [3.8, 4) is 0 Å². The summed E-state index contributed by atoms with van der Waals surface area (Å²) in [6.45, 7) is 5.91. The molecule has 0 amide bonds. The van der Waals surface area contributed by atoms with E-state index in [4.69, 9.17) is 0 Å². The smallest absolute Gasteiger partial charge is 0.123 e. The van der Waals surface area contributed by atoms with Gasteiger partial charge in [-0.05, 0) is 49.6 Å². The van der Waals surface area contributed by atoms with Crippen molar-refractivity contribution >= 4 is 0 Å². The van der Waals surface area contributed by atoms with Crippen molar-refractivity contribution in [1.29, 1.82) is 0 Å². The molecule has 0 aromatic heterocycles. The van der Waals surface area contributed by atoms with Gasteiger partial charge in [0.1, 0.15) is 5.82 Å². The summed E-state index contributed by atoms with van der Waals surface area (Å²) in [4.78, 5) is 0. The minimum absolute atomic E-state index is 0.234. The second kappa shape index (κ2) is 5.54. The highest BCUT2D eigenvalue weighted by Crippen LogP contribution is 2.22. The molecular formula is C17H19FO. The molecule has 0 aliphatic rings. The van der Waals surface area contributed by atoms with Gasteiger partial charge in [0, 0.05) is 6.42 Å². The van der Waals surface area contributed by atoms with Gasteiger partial charge >= 0.3 is 0 Å². The third-order valence-electron chi connectivity index (χ3n) is 3.35. The summed E-state index contributed by atoms with van der Waals surface area (Å²) in [5.41, 5.74) is 5.06. The van der Waals surface area contributed by atoms with Crippen LogP contribution in [0.4, 0.5) is 4.39 Å². The summed E-state index contributed by atoms with van der Waals surface area (Å²) < 4.78 is 13.1. The lowest BCUT2D eigenvalue weighted by Crippen LogP contribution is -2.04. The molecule has 0 heterocycles. The summed E-state index contributed by atoms with van der Waals surface area (Å²) >= 11 is 0. The van der Waals surface area contributed by atoms with Crippen LogP contribution in [0.3, 0.4) is 0 Å². The molecule has 0 aliphatic carbocycles. The Labute approximate surface area is 113 Å². The van der Waals surface area contributed by atoms with Gasteiger partial charge in [-0.25, -0.2) is 4.39 Å². The maximum Gasteiger partial charge on any atom is 0.123 e. The molecule has 0 fully saturated rings. The molecule has 1 N–H and O–H groups in total. The first-order valence-electron chi connectivity index (χ1n) is 6.47. The topological polar surface area (TPSA) is 20.2 Å². The zero-order valence-electron chi connectivity index (χ0n) is 11.6. The van der Waals surface area contributed by atoms with Gasteiger partial charge in [0.15, 0.2) is 0 Å². The molecule has 0 bridgehead atoms. The highest BCUT2D eigenvalue weighted by atomic mass is 19.1. The standard InChI is InChI=1S/C17H19FO/c1-11-6-12(2)8-15(7-11)17(19)10-14-4-5-16(18)9-13(14)3/h4-9,17,19H,10H2,1-3H3. The van der Waals surface area contributed by atoms with Gasteiger partial charge in [-0.3, -0.25) is 0 Å². The fraction of sp³-hybridized carbons (Fsp3) is 0.294. The Kier molecular flexibility index (Phi) is 4.01. The van der Waals surface area contributed by atoms with E-state index >= 15 is 0 Å². The minimum atomic E-state index is -0.553. The van der Waals surface area contributed by atoms with Gasteiger partial charge in [0.25, 0.3) is 0 Å². The molecule has 0 spiro atoms. The molecule has 0 radical (unpaired) electrons. The van der Waals surface area contributed by atoms with Crippen LogP contribution in [-0.2, 0) is 6.42 Å². The van der Waals surface area contributed by atoms with Crippen LogP contribution in [0.25, 0.3) is 0 Å². The van der Waals surface area contributed by atoms with Gasteiger partial charge in [-0.2, -0.15) is 0 Å². The first-order chi connectivity index (χ1) is 8.95. The quantitative estimate of drug-likeness (QED) is 0.881. The summed E-state index contributed by atoms with van der Waals surface area (Å²) in [7, 11) is 0. The summed E-state index contributed by atoms with van der Waals surface area (Å²) in [6, 6.07) is 10.8. The molecule has 2 aromatic rings. The molecule has 2 aromatic carbocycles. The van der Waals surface area contributed by atoms with Crippen LogP contribution < -0.4 is 0 Å². The van der Waals surface area contributed by atoms with Crippen LogP contribution in [0.2, 0.25) is 0 Å². The molecular weight excluding hydrogens is 239 g/mol. The molecule has 1 unspecified atom stereocenters. The monoisotopic (exact) mass is 258 g/mol. The number of rotatable bonds is 3. The van der Waals surface area contributed by atoms with Crippen molar-refractivity contribution in [1.82, 2.24) is 0 Å². The predicted molar refractivity (Wildman–Crippen MR) is 75.7 cm³/mol. The number of aliphatic hydroxyl groups excluding tert-OH is 1. The Morgan fingerprint density at radius 1 is 1.00 bits per heavy atom. The van der Waals surface area contributed by atoms with Crippen LogP contribution >= 0.6 is 0 Å². The zero-order valence-corrected chi connectivity index (χ0v) is 11.6. The third-order valence-corrected chi connectivity index (χ3v) is 3.35. The van der Waals surface area contributed by atoms with E-state index in [0.717, 1.165) is 27.8 Å². The maximum atomic E-state index is 13.1. The second-order valence-corrected chi connectivity index (χ2v) is 5.21. The number of halogens is 1. The first kappa shape index (κ1) is 13.8. The Bertz CT molecular complexity index is 570. The molecule has 0 aliphatic heterocycles. The lowest BCUT2D eigenvalue weighted by Gasteiger charge is -2.14. The molecule has 2 heteroatoms. The summed E-state index contributed by atoms with van der Waals surface area (Å²) in [5, 5.41) is 10.3. The SMILES string of the molecule is Cc1cc(C)cc(C(O)Cc2ccc(F)cc2C)c1. The third kappa shape index (κ3) is 3.42. The van der Waals surface area contributed by atoms with Crippen LogP contribution in [0.5, 0.6) is 0 Å². The van der Waals surface area contributed by atoms with E-state index in [1.165, 1.54) is 12.1 Å². The van der Waals surface area contributed by atoms with Crippen molar-refractivity contribution < 1.29 is 9.50 Å². The number of aliphatic hydroxyl groups is 1. The van der Waals surface area contributed by atoms with E-state index in [1.807, 2.05) is 32.9 Å². The molecule has 19 heavy (non-hydrogen) atoms. The fourth-order valence-electron chi connectivity index (χ4n) is 2.42. The first-order valence-corrected chi connectivity index (χ1v) is 6.47. The fourth-order valence-corrected chi connectivity index (χ4v) is 2.42. The Morgan fingerprint density at radius 3 is 2.21 bits per heavy atom. The lowest BCUT2D eigenvalue weighted by atomic mass is 9.96. The van der Waals surface area contributed by atoms with E-state index in [1.54, 1.807) is 6.07 Å². The zero-order chi connectivity index (χ0) is 14.0. The molecule has 0 saturated carbocycles. The van der Waals surface area contributed by atoms with Crippen LogP contribution in [0.15, 0.2) is 36.4 Å². The van der Waals surface area contributed by atoms with Crippen LogP contribution in [0.1, 0.15) is 33.9 Å². The Hall–Kier alpha value is -1.67. The number of hydrogen-bond donors (Lipinski definition) is 1. The van der Waals surface area contributed by atoms with E-state index in [-0.39, 0.29) is 5.82 Å². The van der Waals surface area contributed by atoms with E-state index in [2.05, 4.69) is 6.07 Å². The van der Waals surface area contributed by atoms with E-state index < -0.39 is 6.10 Å².